The lowest BCUT2D eigenvalue weighted by Crippen LogP contribution is -2.26. The maximum atomic E-state index is 12.2. The van der Waals surface area contributed by atoms with Gasteiger partial charge in [-0.3, -0.25) is 9.78 Å². The molecule has 1 heterocycles. The Labute approximate surface area is 118 Å². The van der Waals surface area contributed by atoms with E-state index in [2.05, 4.69) is 10.3 Å². The Hall–Kier alpha value is -2.36. The Morgan fingerprint density at radius 2 is 2.05 bits per heavy atom. The molecule has 0 aliphatic rings. The van der Waals surface area contributed by atoms with Crippen LogP contribution in [0.1, 0.15) is 35.8 Å². The van der Waals surface area contributed by atoms with Gasteiger partial charge in [0.1, 0.15) is 5.75 Å². The molecule has 1 aromatic heterocycles. The van der Waals surface area contributed by atoms with Gasteiger partial charge in [-0.1, -0.05) is 6.07 Å². The van der Waals surface area contributed by atoms with Crippen LogP contribution in [-0.4, -0.2) is 17.5 Å². The first-order chi connectivity index (χ1) is 9.70. The fourth-order valence-corrected chi connectivity index (χ4v) is 1.91. The second kappa shape index (κ2) is 6.70. The summed E-state index contributed by atoms with van der Waals surface area (Å²) < 4.78 is 5.40. The zero-order chi connectivity index (χ0) is 14.4. The number of nitrogens with zero attached hydrogens (tertiary/aromatic N) is 1. The topological polar surface area (TPSA) is 51.2 Å². The van der Waals surface area contributed by atoms with Gasteiger partial charge in [-0.05, 0) is 49.7 Å². The predicted molar refractivity (Wildman–Crippen MR) is 77.7 cm³/mol. The second-order valence-corrected chi connectivity index (χ2v) is 4.44. The molecule has 0 radical (unpaired) electrons. The summed E-state index contributed by atoms with van der Waals surface area (Å²) >= 11 is 0. The van der Waals surface area contributed by atoms with Crippen molar-refractivity contribution in [3.05, 3.63) is 59.9 Å². The van der Waals surface area contributed by atoms with Crippen LogP contribution in [0.3, 0.4) is 0 Å². The first-order valence-electron chi connectivity index (χ1n) is 6.64. The maximum absolute atomic E-state index is 12.2. The van der Waals surface area contributed by atoms with Crippen molar-refractivity contribution >= 4 is 5.91 Å². The summed E-state index contributed by atoms with van der Waals surface area (Å²) in [5.74, 6) is 0.590. The van der Waals surface area contributed by atoms with Gasteiger partial charge < -0.3 is 10.1 Å². The molecule has 0 bridgehead atoms. The Morgan fingerprint density at radius 1 is 1.30 bits per heavy atom. The van der Waals surface area contributed by atoms with Gasteiger partial charge in [0.05, 0.1) is 12.6 Å². The number of aromatic nitrogens is 1. The van der Waals surface area contributed by atoms with Crippen molar-refractivity contribution < 1.29 is 9.53 Å². The van der Waals surface area contributed by atoms with Crippen LogP contribution in [0, 0.1) is 0 Å². The summed E-state index contributed by atoms with van der Waals surface area (Å²) in [6, 6.07) is 10.9. The highest BCUT2D eigenvalue weighted by Gasteiger charge is 2.11. The standard InChI is InChI=1S/C16H18N2O2/c1-3-20-15-6-4-5-14(11-15)16(19)18-12(2)13-7-9-17-10-8-13/h4-12H,3H2,1-2H3,(H,18,19)/t12-/m1/s1. The molecule has 0 unspecified atom stereocenters. The number of nitrogens with one attached hydrogen (secondary N) is 1. The highest BCUT2D eigenvalue weighted by atomic mass is 16.5. The van der Waals surface area contributed by atoms with E-state index >= 15 is 0 Å². The number of ether oxygens (including phenoxy) is 1. The van der Waals surface area contributed by atoms with Gasteiger partial charge in [-0.15, -0.1) is 0 Å². The molecule has 1 atom stereocenters. The second-order valence-electron chi connectivity index (χ2n) is 4.44. The Kier molecular flexibility index (Phi) is 4.71. The van der Waals surface area contributed by atoms with Crippen molar-refractivity contribution in [1.82, 2.24) is 10.3 Å². The van der Waals surface area contributed by atoms with Crippen LogP contribution in [0.4, 0.5) is 0 Å². The van der Waals surface area contributed by atoms with Gasteiger partial charge in [-0.2, -0.15) is 0 Å². The van der Waals surface area contributed by atoms with Crippen LogP contribution in [0.2, 0.25) is 0 Å². The number of carbonyl (C=O) groups excluding carboxylic acids is 1. The molecule has 0 aliphatic carbocycles. The third-order valence-corrected chi connectivity index (χ3v) is 2.96. The summed E-state index contributed by atoms with van der Waals surface area (Å²) in [5, 5.41) is 2.96. The first kappa shape index (κ1) is 14.1. The molecule has 0 aliphatic heterocycles. The monoisotopic (exact) mass is 270 g/mol. The highest BCUT2D eigenvalue weighted by molar-refractivity contribution is 5.94. The summed E-state index contributed by atoms with van der Waals surface area (Å²) in [4.78, 5) is 16.2. The van der Waals surface area contributed by atoms with E-state index in [-0.39, 0.29) is 11.9 Å². The Bertz CT molecular complexity index is 570. The maximum Gasteiger partial charge on any atom is 0.251 e. The van der Waals surface area contributed by atoms with Gasteiger partial charge in [0.2, 0.25) is 0 Å². The summed E-state index contributed by atoms with van der Waals surface area (Å²) in [6.07, 6.45) is 3.43. The molecule has 1 amide bonds. The smallest absolute Gasteiger partial charge is 0.251 e. The number of hydrogen-bond donors (Lipinski definition) is 1. The zero-order valence-electron chi connectivity index (χ0n) is 11.7. The Morgan fingerprint density at radius 3 is 2.75 bits per heavy atom. The van der Waals surface area contributed by atoms with Crippen molar-refractivity contribution in [2.24, 2.45) is 0 Å². The first-order valence-corrected chi connectivity index (χ1v) is 6.64. The lowest BCUT2D eigenvalue weighted by atomic mass is 10.1. The van der Waals surface area contributed by atoms with Crippen LogP contribution in [0.15, 0.2) is 48.8 Å². The molecule has 104 valence electrons. The molecular formula is C16H18N2O2. The molecule has 0 spiro atoms. The van der Waals surface area contributed by atoms with E-state index < -0.39 is 0 Å². The number of rotatable bonds is 5. The molecule has 0 saturated heterocycles. The van der Waals surface area contributed by atoms with Crippen LogP contribution in [0.5, 0.6) is 5.75 Å². The molecule has 2 aromatic rings. The largest absolute Gasteiger partial charge is 0.494 e. The van der Waals surface area contributed by atoms with Crippen molar-refractivity contribution in [1.29, 1.82) is 0 Å². The summed E-state index contributed by atoms with van der Waals surface area (Å²) in [6.45, 7) is 4.44. The average Bonchev–Trinajstić information content (AvgIpc) is 2.48. The van der Waals surface area contributed by atoms with Gasteiger partial charge in [0.25, 0.3) is 5.91 Å². The third kappa shape index (κ3) is 3.57. The fraction of sp³-hybridized carbons (Fsp3) is 0.250. The third-order valence-electron chi connectivity index (χ3n) is 2.96. The van der Waals surface area contributed by atoms with Crippen molar-refractivity contribution in [2.45, 2.75) is 19.9 Å². The highest BCUT2D eigenvalue weighted by Crippen LogP contribution is 2.15. The number of hydrogen-bond acceptors (Lipinski definition) is 3. The minimum atomic E-state index is -0.115. The lowest BCUT2D eigenvalue weighted by molar-refractivity contribution is 0.0939. The Balaban J connectivity index is 2.06. The van der Waals surface area contributed by atoms with E-state index in [1.54, 1.807) is 24.5 Å². The SMILES string of the molecule is CCOc1cccc(C(=O)N[C@H](C)c2ccncc2)c1. The molecule has 1 aromatic carbocycles. The van der Waals surface area contributed by atoms with E-state index in [0.29, 0.717) is 17.9 Å². The molecule has 0 fully saturated rings. The zero-order valence-corrected chi connectivity index (χ0v) is 11.7. The van der Waals surface area contributed by atoms with Crippen molar-refractivity contribution in [3.63, 3.8) is 0 Å². The van der Waals surface area contributed by atoms with Crippen LogP contribution < -0.4 is 10.1 Å². The normalized spacial score (nSPS) is 11.7. The number of benzene rings is 1. The minimum absolute atomic E-state index is 0.0683. The number of amides is 1. The average molecular weight is 270 g/mol. The molecule has 20 heavy (non-hydrogen) atoms. The van der Waals surface area contributed by atoms with E-state index in [4.69, 9.17) is 4.74 Å². The van der Waals surface area contributed by atoms with Crippen molar-refractivity contribution in [3.8, 4) is 5.75 Å². The minimum Gasteiger partial charge on any atom is -0.494 e. The predicted octanol–water partition coefficient (Wildman–Crippen LogP) is 2.97. The number of carbonyl (C=O) groups is 1. The van der Waals surface area contributed by atoms with Gasteiger partial charge in [-0.25, -0.2) is 0 Å². The summed E-state index contributed by atoms with van der Waals surface area (Å²) in [7, 11) is 0. The molecule has 4 heteroatoms. The molecule has 2 rings (SSSR count). The quantitative estimate of drug-likeness (QED) is 0.908. The van der Waals surface area contributed by atoms with Gasteiger partial charge in [0, 0.05) is 18.0 Å². The fourth-order valence-electron chi connectivity index (χ4n) is 1.91. The van der Waals surface area contributed by atoms with Crippen LogP contribution in [-0.2, 0) is 0 Å². The van der Waals surface area contributed by atoms with Crippen LogP contribution >= 0.6 is 0 Å². The van der Waals surface area contributed by atoms with Gasteiger partial charge >= 0.3 is 0 Å². The van der Waals surface area contributed by atoms with E-state index in [1.807, 2.05) is 38.1 Å². The molecular weight excluding hydrogens is 252 g/mol. The lowest BCUT2D eigenvalue weighted by Gasteiger charge is -2.14. The molecule has 0 saturated carbocycles. The van der Waals surface area contributed by atoms with Gasteiger partial charge in [0.15, 0.2) is 0 Å². The van der Waals surface area contributed by atoms with E-state index in [9.17, 15) is 4.79 Å². The summed E-state index contributed by atoms with van der Waals surface area (Å²) in [5.41, 5.74) is 1.62. The van der Waals surface area contributed by atoms with E-state index in [0.717, 1.165) is 5.56 Å². The number of pyridine rings is 1. The van der Waals surface area contributed by atoms with Crippen LogP contribution in [0.25, 0.3) is 0 Å². The molecule has 1 N–H and O–H groups in total. The van der Waals surface area contributed by atoms with E-state index in [1.165, 1.54) is 0 Å². The van der Waals surface area contributed by atoms with Crippen molar-refractivity contribution in [2.75, 3.05) is 6.61 Å². The molecule has 4 nitrogen and oxygen atoms in total.